The van der Waals surface area contributed by atoms with E-state index < -0.39 is 0 Å². The summed E-state index contributed by atoms with van der Waals surface area (Å²) in [6.07, 6.45) is 0.982. The van der Waals surface area contributed by atoms with Gasteiger partial charge in [-0.3, -0.25) is 5.41 Å². The van der Waals surface area contributed by atoms with Gasteiger partial charge in [0.1, 0.15) is 0 Å². The predicted molar refractivity (Wildman–Crippen MR) is 61.5 cm³/mol. The van der Waals surface area contributed by atoms with E-state index in [0.717, 1.165) is 19.5 Å². The maximum absolute atomic E-state index is 7.05. The van der Waals surface area contributed by atoms with Crippen LogP contribution in [0.1, 0.15) is 34.1 Å². The zero-order valence-corrected chi connectivity index (χ0v) is 9.78. The Morgan fingerprint density at radius 2 is 2.00 bits per heavy atom. The topological polar surface area (TPSA) is 73.9 Å². The smallest absolute Gasteiger partial charge is 0.185 e. The Morgan fingerprint density at radius 3 is 2.43 bits per heavy atom. The van der Waals surface area contributed by atoms with E-state index in [4.69, 9.17) is 11.1 Å². The van der Waals surface area contributed by atoms with Gasteiger partial charge < -0.3 is 16.4 Å². The van der Waals surface area contributed by atoms with Crippen molar-refractivity contribution in [3.8, 4) is 0 Å². The highest BCUT2D eigenvalue weighted by Crippen LogP contribution is 2.09. The van der Waals surface area contributed by atoms with Crippen LogP contribution in [0.5, 0.6) is 0 Å². The van der Waals surface area contributed by atoms with Crippen LogP contribution in [0.15, 0.2) is 0 Å². The average molecular weight is 200 g/mol. The molecule has 0 aliphatic carbocycles. The number of rotatable bonds is 5. The molecule has 0 saturated heterocycles. The van der Waals surface area contributed by atoms with Gasteiger partial charge in [0.15, 0.2) is 5.96 Å². The highest BCUT2D eigenvalue weighted by molar-refractivity contribution is 5.74. The van der Waals surface area contributed by atoms with Gasteiger partial charge in [-0.2, -0.15) is 0 Å². The third kappa shape index (κ3) is 9.32. The molecule has 0 aromatic heterocycles. The number of nitrogens with two attached hydrogens (primary N) is 1. The van der Waals surface area contributed by atoms with E-state index in [1.165, 1.54) is 0 Å². The van der Waals surface area contributed by atoms with E-state index in [1.807, 2.05) is 6.92 Å². The fourth-order valence-corrected chi connectivity index (χ4v) is 1.12. The van der Waals surface area contributed by atoms with Gasteiger partial charge >= 0.3 is 0 Å². The van der Waals surface area contributed by atoms with E-state index in [1.54, 1.807) is 0 Å². The lowest BCUT2D eigenvalue weighted by atomic mass is 9.97. The number of guanidine groups is 1. The molecule has 0 aliphatic rings. The molecule has 0 rings (SSSR count). The first-order chi connectivity index (χ1) is 6.31. The summed E-state index contributed by atoms with van der Waals surface area (Å²) < 4.78 is 0. The first-order valence-electron chi connectivity index (χ1n) is 5.12. The van der Waals surface area contributed by atoms with Gasteiger partial charge in [0.05, 0.1) is 0 Å². The summed E-state index contributed by atoms with van der Waals surface area (Å²) in [5.41, 5.74) is 5.55. The second-order valence-corrected chi connectivity index (χ2v) is 4.99. The Balaban J connectivity index is 3.41. The zero-order chi connectivity index (χ0) is 11.2. The molecule has 0 aromatic carbocycles. The lowest BCUT2D eigenvalue weighted by Crippen LogP contribution is -2.39. The van der Waals surface area contributed by atoms with Crippen molar-refractivity contribution >= 4 is 5.96 Å². The Labute approximate surface area is 87.1 Å². The quantitative estimate of drug-likeness (QED) is 0.302. The van der Waals surface area contributed by atoms with E-state index in [9.17, 15) is 0 Å². The summed E-state index contributed by atoms with van der Waals surface area (Å²) in [7, 11) is 0. The highest BCUT2D eigenvalue weighted by atomic mass is 15.1. The molecule has 0 bridgehead atoms. The maximum atomic E-state index is 7.05. The average Bonchev–Trinajstić information content (AvgIpc) is 1.95. The van der Waals surface area contributed by atoms with Crippen LogP contribution < -0.4 is 16.4 Å². The first kappa shape index (κ1) is 13.2. The maximum Gasteiger partial charge on any atom is 0.185 e. The molecule has 0 saturated carbocycles. The van der Waals surface area contributed by atoms with Gasteiger partial charge in [-0.1, -0.05) is 20.8 Å². The van der Waals surface area contributed by atoms with Gasteiger partial charge in [0, 0.05) is 6.04 Å². The first-order valence-corrected chi connectivity index (χ1v) is 5.12. The normalized spacial score (nSPS) is 13.7. The minimum atomic E-state index is 0.0494. The third-order valence-corrected chi connectivity index (χ3v) is 1.81. The molecule has 0 spiro atoms. The standard InChI is InChI=1S/C10H24N4/c1-8(14-9(11)12)5-6-13-7-10(2,3)4/h8,13H,5-7H2,1-4H3,(H4,11,12,14)/t8-/m1/s1. The van der Waals surface area contributed by atoms with Crippen LogP contribution in [0.4, 0.5) is 0 Å². The monoisotopic (exact) mass is 200 g/mol. The van der Waals surface area contributed by atoms with Crippen molar-refractivity contribution < 1.29 is 0 Å². The second kappa shape index (κ2) is 5.86. The van der Waals surface area contributed by atoms with Crippen LogP contribution in [0.3, 0.4) is 0 Å². The van der Waals surface area contributed by atoms with Crippen LogP contribution in [0.2, 0.25) is 0 Å². The van der Waals surface area contributed by atoms with Crippen molar-refractivity contribution in [2.45, 2.75) is 40.2 Å². The molecule has 0 aromatic rings. The molecular weight excluding hydrogens is 176 g/mol. The fourth-order valence-electron chi connectivity index (χ4n) is 1.12. The van der Waals surface area contributed by atoms with Gasteiger partial charge in [-0.25, -0.2) is 0 Å². The number of hydrogen-bond acceptors (Lipinski definition) is 2. The molecule has 0 aliphatic heterocycles. The van der Waals surface area contributed by atoms with E-state index in [-0.39, 0.29) is 12.0 Å². The van der Waals surface area contributed by atoms with Crippen molar-refractivity contribution in [1.82, 2.24) is 10.6 Å². The minimum Gasteiger partial charge on any atom is -0.370 e. The van der Waals surface area contributed by atoms with Gasteiger partial charge in [0.2, 0.25) is 0 Å². The van der Waals surface area contributed by atoms with Crippen molar-refractivity contribution in [2.75, 3.05) is 13.1 Å². The molecule has 4 heteroatoms. The lowest BCUT2D eigenvalue weighted by Gasteiger charge is -2.20. The molecule has 1 atom stereocenters. The molecule has 0 unspecified atom stereocenters. The summed E-state index contributed by atoms with van der Waals surface area (Å²) in [4.78, 5) is 0. The number of nitrogens with one attached hydrogen (secondary N) is 3. The van der Waals surface area contributed by atoms with Crippen LogP contribution in [-0.4, -0.2) is 25.1 Å². The van der Waals surface area contributed by atoms with Gasteiger partial charge in [-0.15, -0.1) is 0 Å². The summed E-state index contributed by atoms with van der Waals surface area (Å²) in [6, 6.07) is 0.264. The van der Waals surface area contributed by atoms with Crippen LogP contribution in [0, 0.1) is 10.8 Å². The Bertz CT molecular complexity index is 171. The SMILES string of the molecule is C[C@H](CCNCC(C)(C)C)NC(=N)N. The molecular formula is C10H24N4. The van der Waals surface area contributed by atoms with Crippen LogP contribution in [0.25, 0.3) is 0 Å². The molecule has 0 heterocycles. The van der Waals surface area contributed by atoms with Crippen LogP contribution >= 0.6 is 0 Å². The van der Waals surface area contributed by atoms with Gasteiger partial charge in [-0.05, 0) is 31.8 Å². The molecule has 14 heavy (non-hydrogen) atoms. The summed E-state index contributed by atoms with van der Waals surface area (Å²) >= 11 is 0. The van der Waals surface area contributed by atoms with E-state index in [2.05, 4.69) is 31.4 Å². The van der Waals surface area contributed by atoms with Crippen molar-refractivity contribution in [3.63, 3.8) is 0 Å². The Kier molecular flexibility index (Phi) is 5.53. The Hall–Kier alpha value is -0.770. The summed E-state index contributed by atoms with van der Waals surface area (Å²) in [5, 5.41) is 13.3. The third-order valence-electron chi connectivity index (χ3n) is 1.81. The second-order valence-electron chi connectivity index (χ2n) is 4.99. The van der Waals surface area contributed by atoms with Crippen molar-refractivity contribution in [3.05, 3.63) is 0 Å². The zero-order valence-electron chi connectivity index (χ0n) is 9.78. The molecule has 4 nitrogen and oxygen atoms in total. The van der Waals surface area contributed by atoms with Crippen LogP contribution in [-0.2, 0) is 0 Å². The van der Waals surface area contributed by atoms with E-state index in [0.29, 0.717) is 5.41 Å². The number of hydrogen-bond donors (Lipinski definition) is 4. The van der Waals surface area contributed by atoms with Crippen molar-refractivity contribution in [1.29, 1.82) is 5.41 Å². The lowest BCUT2D eigenvalue weighted by molar-refractivity contribution is 0.374. The fraction of sp³-hybridized carbons (Fsp3) is 0.900. The molecule has 0 radical (unpaired) electrons. The molecule has 5 N–H and O–H groups in total. The predicted octanol–water partition coefficient (Wildman–Crippen LogP) is 0.884. The van der Waals surface area contributed by atoms with Gasteiger partial charge in [0.25, 0.3) is 0 Å². The molecule has 84 valence electrons. The highest BCUT2D eigenvalue weighted by Gasteiger charge is 2.09. The van der Waals surface area contributed by atoms with Crippen molar-refractivity contribution in [2.24, 2.45) is 11.1 Å². The summed E-state index contributed by atoms with van der Waals surface area (Å²) in [5.74, 6) is 0.0494. The molecule has 0 fully saturated rings. The Morgan fingerprint density at radius 1 is 1.43 bits per heavy atom. The summed E-state index contributed by atoms with van der Waals surface area (Å²) in [6.45, 7) is 10.6. The molecule has 0 amide bonds. The minimum absolute atomic E-state index is 0.0494. The largest absolute Gasteiger partial charge is 0.370 e. The van der Waals surface area contributed by atoms with E-state index >= 15 is 0 Å².